The van der Waals surface area contributed by atoms with Gasteiger partial charge in [0.25, 0.3) is 5.91 Å². The first kappa shape index (κ1) is 21.6. The first-order chi connectivity index (χ1) is 14.3. The van der Waals surface area contributed by atoms with Gasteiger partial charge in [-0.3, -0.25) is 9.59 Å². The summed E-state index contributed by atoms with van der Waals surface area (Å²) in [5.74, 6) is -0.583. The fraction of sp³-hybridized carbons (Fsp3) is 0.318. The molecule has 0 radical (unpaired) electrons. The molecular formula is C22H25ClN4O3. The number of likely N-dealkylation sites (tertiary alicyclic amines) is 1. The fourth-order valence-electron chi connectivity index (χ4n) is 3.35. The minimum Gasteiger partial charge on any atom is -0.331 e. The Kier molecular flexibility index (Phi) is 6.95. The average molecular weight is 429 g/mol. The number of hydrogen-bond donors (Lipinski definition) is 2. The zero-order valence-corrected chi connectivity index (χ0v) is 17.8. The molecule has 0 bridgehead atoms. The number of piperidine rings is 1. The normalized spacial score (nSPS) is 14.2. The molecule has 4 amide bonds. The maximum absolute atomic E-state index is 12.8. The molecule has 1 aliphatic rings. The van der Waals surface area contributed by atoms with E-state index in [9.17, 15) is 14.4 Å². The number of urea groups is 1. The molecule has 0 aromatic heterocycles. The maximum atomic E-state index is 12.8. The minimum absolute atomic E-state index is 0.0379. The molecule has 1 heterocycles. The lowest BCUT2D eigenvalue weighted by Gasteiger charge is -2.33. The van der Waals surface area contributed by atoms with E-state index in [0.717, 1.165) is 0 Å². The van der Waals surface area contributed by atoms with E-state index < -0.39 is 0 Å². The van der Waals surface area contributed by atoms with E-state index in [0.29, 0.717) is 47.9 Å². The van der Waals surface area contributed by atoms with Crippen LogP contribution >= 0.6 is 11.6 Å². The maximum Gasteiger partial charge on any atom is 0.319 e. The van der Waals surface area contributed by atoms with Gasteiger partial charge in [0.2, 0.25) is 5.91 Å². The number of nitrogens with zero attached hydrogens (tertiary/aromatic N) is 2. The van der Waals surface area contributed by atoms with Crippen LogP contribution in [0.3, 0.4) is 0 Å². The summed E-state index contributed by atoms with van der Waals surface area (Å²) in [5, 5.41) is 6.31. The highest BCUT2D eigenvalue weighted by molar-refractivity contribution is 6.30. The molecule has 0 aliphatic carbocycles. The van der Waals surface area contributed by atoms with Gasteiger partial charge in [-0.05, 0) is 49.2 Å². The summed E-state index contributed by atoms with van der Waals surface area (Å²) in [5.41, 5.74) is 1.53. The summed E-state index contributed by atoms with van der Waals surface area (Å²) >= 11 is 5.87. The number of anilines is 2. The van der Waals surface area contributed by atoms with Crippen molar-refractivity contribution in [3.63, 3.8) is 0 Å². The molecule has 0 unspecified atom stereocenters. The van der Waals surface area contributed by atoms with Gasteiger partial charge in [0.05, 0.1) is 11.4 Å². The number of carbonyl (C=O) groups excluding carboxylic acids is 3. The second kappa shape index (κ2) is 9.63. The Hall–Kier alpha value is -3.06. The Bertz CT molecular complexity index is 922. The van der Waals surface area contributed by atoms with Crippen molar-refractivity contribution in [2.24, 2.45) is 5.92 Å². The molecular weight excluding hydrogens is 404 g/mol. The lowest BCUT2D eigenvalue weighted by Crippen LogP contribution is -2.45. The van der Waals surface area contributed by atoms with Crippen LogP contribution in [0.4, 0.5) is 16.2 Å². The third-order valence-electron chi connectivity index (χ3n) is 5.06. The summed E-state index contributed by atoms with van der Waals surface area (Å²) in [7, 11) is 3.44. The molecule has 0 atom stereocenters. The van der Waals surface area contributed by atoms with Crippen molar-refractivity contribution in [2.45, 2.75) is 12.8 Å². The lowest BCUT2D eigenvalue weighted by molar-refractivity contribution is -0.121. The van der Waals surface area contributed by atoms with Crippen molar-refractivity contribution < 1.29 is 14.4 Å². The Balaban J connectivity index is 1.62. The van der Waals surface area contributed by atoms with Crippen LogP contribution in [-0.2, 0) is 4.79 Å². The number of hydrogen-bond acceptors (Lipinski definition) is 3. The standard InChI is InChI=1S/C22H25ClN4O3/c1-26(2)22(30)27-13-11-16(12-14-27)21(29)25-19-6-4-3-5-18(19)24-20(28)15-7-9-17(23)10-8-15/h3-10,16H,11-14H2,1-2H3,(H,24,28)(H,25,29). The molecule has 158 valence electrons. The summed E-state index contributed by atoms with van der Waals surface area (Å²) in [6.45, 7) is 1.09. The smallest absolute Gasteiger partial charge is 0.319 e. The zero-order valence-electron chi connectivity index (χ0n) is 17.0. The first-order valence-corrected chi connectivity index (χ1v) is 10.2. The van der Waals surface area contributed by atoms with Crippen molar-refractivity contribution in [1.29, 1.82) is 0 Å². The summed E-state index contributed by atoms with van der Waals surface area (Å²) in [6.07, 6.45) is 1.20. The van der Waals surface area contributed by atoms with Gasteiger partial charge in [0.15, 0.2) is 0 Å². The zero-order chi connectivity index (χ0) is 21.7. The van der Waals surface area contributed by atoms with Gasteiger partial charge in [0, 0.05) is 43.7 Å². The van der Waals surface area contributed by atoms with Gasteiger partial charge >= 0.3 is 6.03 Å². The monoisotopic (exact) mass is 428 g/mol. The van der Waals surface area contributed by atoms with Crippen LogP contribution in [-0.4, -0.2) is 54.8 Å². The molecule has 2 aromatic carbocycles. The van der Waals surface area contributed by atoms with E-state index in [1.165, 1.54) is 0 Å². The number of halogens is 1. The van der Waals surface area contributed by atoms with Gasteiger partial charge in [-0.2, -0.15) is 0 Å². The van der Waals surface area contributed by atoms with Gasteiger partial charge in [-0.25, -0.2) is 4.79 Å². The van der Waals surface area contributed by atoms with E-state index in [2.05, 4.69) is 10.6 Å². The number of para-hydroxylation sites is 2. The van der Waals surface area contributed by atoms with E-state index in [1.54, 1.807) is 72.4 Å². The third kappa shape index (κ3) is 5.30. The first-order valence-electron chi connectivity index (χ1n) is 9.78. The predicted octanol–water partition coefficient (Wildman–Crippen LogP) is 3.92. The SMILES string of the molecule is CN(C)C(=O)N1CCC(C(=O)Nc2ccccc2NC(=O)c2ccc(Cl)cc2)CC1. The highest BCUT2D eigenvalue weighted by Gasteiger charge is 2.28. The quantitative estimate of drug-likeness (QED) is 0.774. The topological polar surface area (TPSA) is 81.8 Å². The highest BCUT2D eigenvalue weighted by Crippen LogP contribution is 2.25. The molecule has 7 nitrogen and oxygen atoms in total. The third-order valence-corrected chi connectivity index (χ3v) is 5.31. The Morgan fingerprint density at radius 3 is 2.07 bits per heavy atom. The van der Waals surface area contributed by atoms with E-state index >= 15 is 0 Å². The van der Waals surface area contributed by atoms with Crippen molar-refractivity contribution in [1.82, 2.24) is 9.80 Å². The molecule has 0 saturated carbocycles. The van der Waals surface area contributed by atoms with Gasteiger partial charge < -0.3 is 20.4 Å². The van der Waals surface area contributed by atoms with Crippen LogP contribution in [0, 0.1) is 5.92 Å². The number of amides is 4. The molecule has 1 saturated heterocycles. The Labute approximate surface area is 181 Å². The van der Waals surface area contributed by atoms with Gasteiger partial charge in [-0.1, -0.05) is 23.7 Å². The number of rotatable bonds is 4. The van der Waals surface area contributed by atoms with Gasteiger partial charge in [0.1, 0.15) is 0 Å². The Morgan fingerprint density at radius 1 is 0.933 bits per heavy atom. The average Bonchev–Trinajstić information content (AvgIpc) is 2.75. The van der Waals surface area contributed by atoms with E-state index in [4.69, 9.17) is 11.6 Å². The largest absolute Gasteiger partial charge is 0.331 e. The van der Waals surface area contributed by atoms with E-state index in [-0.39, 0.29) is 23.8 Å². The number of carbonyl (C=O) groups is 3. The summed E-state index contributed by atoms with van der Waals surface area (Å²) in [6, 6.07) is 13.6. The Morgan fingerprint density at radius 2 is 1.50 bits per heavy atom. The van der Waals surface area contributed by atoms with Crippen LogP contribution < -0.4 is 10.6 Å². The molecule has 1 fully saturated rings. The molecule has 2 aromatic rings. The second-order valence-corrected chi connectivity index (χ2v) is 7.87. The fourth-order valence-corrected chi connectivity index (χ4v) is 3.47. The molecule has 2 N–H and O–H groups in total. The van der Waals surface area contributed by atoms with Crippen LogP contribution in [0.5, 0.6) is 0 Å². The summed E-state index contributed by atoms with van der Waals surface area (Å²) in [4.78, 5) is 40.6. The van der Waals surface area contributed by atoms with Gasteiger partial charge in [-0.15, -0.1) is 0 Å². The van der Waals surface area contributed by atoms with Crippen molar-refractivity contribution in [3.8, 4) is 0 Å². The number of nitrogens with one attached hydrogen (secondary N) is 2. The number of benzene rings is 2. The predicted molar refractivity (Wildman–Crippen MR) is 118 cm³/mol. The molecule has 8 heteroatoms. The molecule has 0 spiro atoms. The van der Waals surface area contributed by atoms with Crippen LogP contribution in [0.2, 0.25) is 5.02 Å². The second-order valence-electron chi connectivity index (χ2n) is 7.43. The van der Waals surface area contributed by atoms with E-state index in [1.807, 2.05) is 0 Å². The van der Waals surface area contributed by atoms with Crippen molar-refractivity contribution >= 4 is 40.8 Å². The van der Waals surface area contributed by atoms with Crippen LogP contribution in [0.15, 0.2) is 48.5 Å². The van der Waals surface area contributed by atoms with Crippen molar-refractivity contribution in [3.05, 3.63) is 59.1 Å². The highest BCUT2D eigenvalue weighted by atomic mass is 35.5. The molecule has 3 rings (SSSR count). The molecule has 1 aliphatic heterocycles. The van der Waals surface area contributed by atoms with Crippen molar-refractivity contribution in [2.75, 3.05) is 37.8 Å². The summed E-state index contributed by atoms with van der Waals surface area (Å²) < 4.78 is 0. The molecule has 30 heavy (non-hydrogen) atoms. The lowest BCUT2D eigenvalue weighted by atomic mass is 9.96. The minimum atomic E-state index is -0.288. The van der Waals surface area contributed by atoms with Crippen LogP contribution in [0.25, 0.3) is 0 Å². The van der Waals surface area contributed by atoms with Crippen LogP contribution in [0.1, 0.15) is 23.2 Å².